The Labute approximate surface area is 106 Å². The van der Waals surface area contributed by atoms with Gasteiger partial charge in [0.1, 0.15) is 6.61 Å². The van der Waals surface area contributed by atoms with E-state index >= 15 is 0 Å². The predicted octanol–water partition coefficient (Wildman–Crippen LogP) is 3.02. The average molecular weight is 251 g/mol. The highest BCUT2D eigenvalue weighted by molar-refractivity contribution is 7.09. The smallest absolute Gasteiger partial charge is 0.308 e. The molecule has 0 saturated carbocycles. The highest BCUT2D eigenvalue weighted by atomic mass is 32.1. The first kappa shape index (κ1) is 13.7. The van der Waals surface area contributed by atoms with Crippen molar-refractivity contribution in [2.45, 2.75) is 26.7 Å². The van der Waals surface area contributed by atoms with E-state index in [2.05, 4.69) is 6.07 Å². The molecular weight excluding hydrogens is 234 g/mol. The second-order valence-electron chi connectivity index (χ2n) is 4.05. The molecule has 1 rings (SSSR count). The number of nitrogens with zero attached hydrogens (tertiary/aromatic N) is 1. The van der Waals surface area contributed by atoms with Gasteiger partial charge < -0.3 is 4.74 Å². The number of esters is 1. The average Bonchev–Trinajstić information content (AvgIpc) is 2.85. The Morgan fingerprint density at radius 1 is 1.65 bits per heavy atom. The zero-order valence-electron chi connectivity index (χ0n) is 10.2. The van der Waals surface area contributed by atoms with Gasteiger partial charge >= 0.3 is 5.97 Å². The van der Waals surface area contributed by atoms with Crippen LogP contribution in [0.3, 0.4) is 0 Å². The molecule has 1 heterocycles. The van der Waals surface area contributed by atoms with Gasteiger partial charge in [-0.3, -0.25) is 4.79 Å². The maximum absolute atomic E-state index is 11.5. The summed E-state index contributed by atoms with van der Waals surface area (Å²) in [6.07, 6.45) is 1.42. The fraction of sp³-hybridized carbons (Fsp3) is 0.538. The molecule has 0 bridgehead atoms. The molecule has 0 spiro atoms. The molecule has 0 aliphatic carbocycles. The van der Waals surface area contributed by atoms with Crippen molar-refractivity contribution >= 4 is 17.3 Å². The number of carbonyl (C=O) groups is 1. The third-order valence-electron chi connectivity index (χ3n) is 2.65. The lowest BCUT2D eigenvalue weighted by molar-refractivity contribution is -0.148. The van der Waals surface area contributed by atoms with Gasteiger partial charge in [-0.15, -0.1) is 11.3 Å². The van der Waals surface area contributed by atoms with Crippen LogP contribution in [0.5, 0.6) is 0 Å². The van der Waals surface area contributed by atoms with Crippen LogP contribution in [0, 0.1) is 23.2 Å². The van der Waals surface area contributed by atoms with Gasteiger partial charge in [0.05, 0.1) is 17.9 Å². The van der Waals surface area contributed by atoms with Crippen LogP contribution >= 0.6 is 11.3 Å². The second-order valence-corrected chi connectivity index (χ2v) is 5.08. The van der Waals surface area contributed by atoms with Gasteiger partial charge in [-0.2, -0.15) is 5.26 Å². The molecule has 0 aliphatic rings. The summed E-state index contributed by atoms with van der Waals surface area (Å²) in [6.45, 7) is 3.97. The van der Waals surface area contributed by atoms with E-state index in [1.165, 1.54) is 0 Å². The van der Waals surface area contributed by atoms with Crippen LogP contribution in [-0.2, 0) is 16.0 Å². The fourth-order valence-electron chi connectivity index (χ4n) is 1.31. The van der Waals surface area contributed by atoms with Gasteiger partial charge in [0, 0.05) is 11.3 Å². The van der Waals surface area contributed by atoms with E-state index in [0.717, 1.165) is 11.3 Å². The minimum Gasteiger partial charge on any atom is -0.464 e. The Hall–Kier alpha value is -1.34. The Kier molecular flexibility index (Phi) is 5.71. The van der Waals surface area contributed by atoms with Gasteiger partial charge in [-0.1, -0.05) is 19.9 Å². The number of nitriles is 1. The number of carbonyl (C=O) groups excluding carboxylic acids is 1. The van der Waals surface area contributed by atoms with Crippen molar-refractivity contribution in [2.24, 2.45) is 11.8 Å². The summed E-state index contributed by atoms with van der Waals surface area (Å²) in [5, 5.41) is 11.0. The number of hydrogen-bond donors (Lipinski definition) is 0. The minimum absolute atomic E-state index is 0.0870. The molecule has 1 aromatic heterocycles. The molecule has 4 heteroatoms. The van der Waals surface area contributed by atoms with Crippen LogP contribution in [0.25, 0.3) is 0 Å². The summed E-state index contributed by atoms with van der Waals surface area (Å²) < 4.78 is 5.14. The van der Waals surface area contributed by atoms with E-state index in [1.54, 1.807) is 11.3 Å². The van der Waals surface area contributed by atoms with Gasteiger partial charge in [0.2, 0.25) is 0 Å². The Morgan fingerprint density at radius 3 is 2.94 bits per heavy atom. The molecule has 0 aliphatic heterocycles. The van der Waals surface area contributed by atoms with Crippen molar-refractivity contribution in [1.82, 2.24) is 0 Å². The van der Waals surface area contributed by atoms with Gasteiger partial charge in [0.15, 0.2) is 0 Å². The van der Waals surface area contributed by atoms with Crippen LogP contribution in [-0.4, -0.2) is 12.6 Å². The molecule has 0 N–H and O–H groups in total. The summed E-state index contributed by atoms with van der Waals surface area (Å²) in [4.78, 5) is 12.6. The molecule has 0 radical (unpaired) electrons. The zero-order valence-corrected chi connectivity index (χ0v) is 11.0. The zero-order chi connectivity index (χ0) is 12.7. The first-order valence-corrected chi connectivity index (χ1v) is 6.64. The first-order chi connectivity index (χ1) is 8.17. The Morgan fingerprint density at radius 2 is 2.41 bits per heavy atom. The molecule has 0 fully saturated rings. The second kappa shape index (κ2) is 7.08. The van der Waals surface area contributed by atoms with Crippen LogP contribution in [0.1, 0.15) is 25.1 Å². The van der Waals surface area contributed by atoms with E-state index in [-0.39, 0.29) is 24.4 Å². The monoisotopic (exact) mass is 251 g/mol. The van der Waals surface area contributed by atoms with Crippen LogP contribution in [0.15, 0.2) is 17.5 Å². The summed E-state index contributed by atoms with van der Waals surface area (Å²) >= 11 is 1.62. The Balaban J connectivity index is 2.38. The van der Waals surface area contributed by atoms with E-state index in [9.17, 15) is 4.79 Å². The molecule has 17 heavy (non-hydrogen) atoms. The van der Waals surface area contributed by atoms with Crippen LogP contribution in [0.2, 0.25) is 0 Å². The van der Waals surface area contributed by atoms with Crippen molar-refractivity contribution in [1.29, 1.82) is 5.26 Å². The maximum Gasteiger partial charge on any atom is 0.308 e. The van der Waals surface area contributed by atoms with E-state index < -0.39 is 0 Å². The number of ether oxygens (including phenoxy) is 1. The highest BCUT2D eigenvalue weighted by Crippen LogP contribution is 2.15. The topological polar surface area (TPSA) is 50.1 Å². The highest BCUT2D eigenvalue weighted by Gasteiger charge is 2.16. The van der Waals surface area contributed by atoms with E-state index in [4.69, 9.17) is 10.00 Å². The van der Waals surface area contributed by atoms with Crippen molar-refractivity contribution in [3.05, 3.63) is 22.4 Å². The number of rotatable bonds is 6. The molecule has 0 saturated heterocycles. The van der Waals surface area contributed by atoms with E-state index in [0.29, 0.717) is 6.42 Å². The van der Waals surface area contributed by atoms with Crippen LogP contribution in [0.4, 0.5) is 0 Å². The molecule has 3 nitrogen and oxygen atoms in total. The third kappa shape index (κ3) is 4.58. The molecule has 0 aromatic carbocycles. The lowest BCUT2D eigenvalue weighted by atomic mass is 10.1. The van der Waals surface area contributed by atoms with Gasteiger partial charge in [-0.05, 0) is 17.9 Å². The van der Waals surface area contributed by atoms with Crippen molar-refractivity contribution in [2.75, 3.05) is 6.61 Å². The Bertz CT molecular complexity index is 381. The summed E-state index contributed by atoms with van der Waals surface area (Å²) in [7, 11) is 0. The molecule has 2 atom stereocenters. The van der Waals surface area contributed by atoms with Gasteiger partial charge in [-0.25, -0.2) is 0 Å². The largest absolute Gasteiger partial charge is 0.464 e. The SMILES string of the molecule is CC[C@@H](C)C(=O)OC[C@@H](C#N)Cc1cccs1. The lowest BCUT2D eigenvalue weighted by Crippen LogP contribution is -2.19. The first-order valence-electron chi connectivity index (χ1n) is 5.76. The van der Waals surface area contributed by atoms with Gasteiger partial charge in [0.25, 0.3) is 0 Å². The predicted molar refractivity (Wildman–Crippen MR) is 67.5 cm³/mol. The van der Waals surface area contributed by atoms with Crippen molar-refractivity contribution in [3.63, 3.8) is 0 Å². The number of hydrogen-bond acceptors (Lipinski definition) is 4. The van der Waals surface area contributed by atoms with E-state index in [1.807, 2.05) is 31.4 Å². The molecule has 0 amide bonds. The fourth-order valence-corrected chi connectivity index (χ4v) is 2.09. The standard InChI is InChI=1S/C13H17NO2S/c1-3-10(2)13(15)16-9-11(8-14)7-12-5-4-6-17-12/h4-6,10-11H,3,7,9H2,1-2H3/t10-,11-/m1/s1. The normalized spacial score (nSPS) is 13.7. The summed E-state index contributed by atoms with van der Waals surface area (Å²) in [5.41, 5.74) is 0. The quantitative estimate of drug-likeness (QED) is 0.730. The summed E-state index contributed by atoms with van der Waals surface area (Å²) in [6, 6.07) is 6.13. The third-order valence-corrected chi connectivity index (χ3v) is 3.55. The minimum atomic E-state index is -0.248. The number of thiophene rings is 1. The summed E-state index contributed by atoms with van der Waals surface area (Å²) in [5.74, 6) is -0.545. The van der Waals surface area contributed by atoms with Crippen LogP contribution < -0.4 is 0 Å². The van der Waals surface area contributed by atoms with Crippen molar-refractivity contribution < 1.29 is 9.53 Å². The molecule has 0 unspecified atom stereocenters. The lowest BCUT2D eigenvalue weighted by Gasteiger charge is -2.12. The molecule has 92 valence electrons. The maximum atomic E-state index is 11.5. The molecular formula is C13H17NO2S. The molecule has 1 aromatic rings. The van der Waals surface area contributed by atoms with Crippen molar-refractivity contribution in [3.8, 4) is 6.07 Å².